The summed E-state index contributed by atoms with van der Waals surface area (Å²) >= 11 is 1.38. The van der Waals surface area contributed by atoms with Crippen molar-refractivity contribution >= 4 is 51.5 Å². The number of nitrogens with zero attached hydrogens (tertiary/aromatic N) is 4. The molecule has 32 heavy (non-hydrogen) atoms. The Kier molecular flexibility index (Phi) is 5.73. The van der Waals surface area contributed by atoms with E-state index < -0.39 is 10.8 Å². The van der Waals surface area contributed by atoms with Gasteiger partial charge in [-0.05, 0) is 35.9 Å². The Morgan fingerprint density at radius 3 is 2.47 bits per heavy atom. The molecule has 0 bridgehead atoms. The number of carbonyl (C=O) groups is 2. The summed E-state index contributed by atoms with van der Waals surface area (Å²) < 4.78 is 1.63. The van der Waals surface area contributed by atoms with Crippen LogP contribution in [0.25, 0.3) is 22.3 Å². The zero-order valence-electron chi connectivity index (χ0n) is 16.7. The second kappa shape index (κ2) is 8.78. The van der Waals surface area contributed by atoms with Gasteiger partial charge in [0.15, 0.2) is 0 Å². The Labute approximate surface area is 185 Å². The van der Waals surface area contributed by atoms with Gasteiger partial charge in [0.05, 0.1) is 10.6 Å². The van der Waals surface area contributed by atoms with Gasteiger partial charge in [-0.2, -0.15) is 4.98 Å². The van der Waals surface area contributed by atoms with Gasteiger partial charge in [-0.15, -0.1) is 16.4 Å². The number of nitrogens with one attached hydrogen (secondary N) is 2. The number of hydrogen-bond acceptors (Lipinski definition) is 7. The lowest BCUT2D eigenvalue weighted by atomic mass is 10.1. The molecule has 2 aromatic heterocycles. The molecule has 2 heterocycles. The molecular formula is C21H16N6O4S. The number of thiazole rings is 1. The van der Waals surface area contributed by atoms with Crippen molar-refractivity contribution < 1.29 is 14.5 Å². The number of rotatable bonds is 6. The van der Waals surface area contributed by atoms with Gasteiger partial charge >= 0.3 is 0 Å². The third-order valence-electron chi connectivity index (χ3n) is 4.35. The molecule has 0 aliphatic heterocycles. The zero-order chi connectivity index (χ0) is 22.7. The number of benzene rings is 2. The fourth-order valence-corrected chi connectivity index (χ4v) is 3.72. The van der Waals surface area contributed by atoms with E-state index in [1.807, 2.05) is 17.5 Å². The number of non-ortho nitro benzene ring substituents is 1. The Morgan fingerprint density at radius 2 is 1.81 bits per heavy atom. The first-order chi connectivity index (χ1) is 15.4. The topological polar surface area (TPSA) is 132 Å². The summed E-state index contributed by atoms with van der Waals surface area (Å²) in [6, 6.07) is 13.1. The van der Waals surface area contributed by atoms with E-state index in [9.17, 15) is 19.7 Å². The lowest BCUT2D eigenvalue weighted by Gasteiger charge is -2.03. The molecule has 0 saturated heterocycles. The van der Waals surface area contributed by atoms with Crippen LogP contribution in [0.5, 0.6) is 0 Å². The third-order valence-corrected chi connectivity index (χ3v) is 5.16. The monoisotopic (exact) mass is 448 g/mol. The predicted octanol–water partition coefficient (Wildman–Crippen LogP) is 3.98. The van der Waals surface area contributed by atoms with Crippen LogP contribution < -0.4 is 10.6 Å². The minimum absolute atomic E-state index is 0.0190. The van der Waals surface area contributed by atoms with Crippen LogP contribution in [0, 0.1) is 10.1 Å². The highest BCUT2D eigenvalue weighted by atomic mass is 32.1. The second-order valence-corrected chi connectivity index (χ2v) is 7.52. The van der Waals surface area contributed by atoms with Crippen LogP contribution in [0.3, 0.4) is 0 Å². The van der Waals surface area contributed by atoms with E-state index in [0.717, 1.165) is 11.3 Å². The second-order valence-electron chi connectivity index (χ2n) is 6.68. The molecular weight excluding hydrogens is 432 g/mol. The predicted molar refractivity (Wildman–Crippen MR) is 121 cm³/mol. The molecule has 2 N–H and O–H groups in total. The van der Waals surface area contributed by atoms with Crippen LogP contribution in [-0.4, -0.2) is 31.3 Å². The number of nitro benzene ring substituents is 1. The summed E-state index contributed by atoms with van der Waals surface area (Å²) in [6.07, 6.45) is 2.84. The van der Waals surface area contributed by atoms with Gasteiger partial charge in [-0.1, -0.05) is 12.1 Å². The maximum absolute atomic E-state index is 12.2. The molecule has 0 saturated carbocycles. The van der Waals surface area contributed by atoms with Gasteiger partial charge in [0.1, 0.15) is 0 Å². The summed E-state index contributed by atoms with van der Waals surface area (Å²) in [7, 11) is 0. The largest absolute Gasteiger partial charge is 0.326 e. The number of carbonyl (C=O) groups excluding carboxylic acids is 2. The standard InChI is InChI=1S/C21H16N6O4S/c1-13(28)22-16-7-5-15(6-8-16)18-12-32-21-24-20(25-26(18)21)23-19(29)11-4-14-2-9-17(10-3-14)27(30)31/h2-12H,1H3,(H,22,28)(H,23,25,29)/b11-4+. The quantitative estimate of drug-likeness (QED) is 0.261. The Morgan fingerprint density at radius 1 is 1.09 bits per heavy atom. The lowest BCUT2D eigenvalue weighted by Crippen LogP contribution is -2.09. The van der Waals surface area contributed by atoms with Crippen LogP contribution >= 0.6 is 11.3 Å². The Hall–Kier alpha value is -4.38. The molecule has 0 atom stereocenters. The van der Waals surface area contributed by atoms with E-state index in [4.69, 9.17) is 0 Å². The minimum atomic E-state index is -0.484. The van der Waals surface area contributed by atoms with Gasteiger partial charge in [0.25, 0.3) is 17.5 Å². The van der Waals surface area contributed by atoms with Crippen molar-refractivity contribution in [1.29, 1.82) is 0 Å². The maximum Gasteiger partial charge on any atom is 0.269 e. The van der Waals surface area contributed by atoms with E-state index >= 15 is 0 Å². The molecule has 4 rings (SSSR count). The van der Waals surface area contributed by atoms with Gasteiger partial charge in [0.2, 0.25) is 10.9 Å². The maximum atomic E-state index is 12.2. The highest BCUT2D eigenvalue weighted by molar-refractivity contribution is 7.15. The smallest absolute Gasteiger partial charge is 0.269 e. The zero-order valence-corrected chi connectivity index (χ0v) is 17.5. The van der Waals surface area contributed by atoms with Crippen molar-refractivity contribution in [3.8, 4) is 11.3 Å². The average molecular weight is 448 g/mol. The van der Waals surface area contributed by atoms with E-state index in [1.165, 1.54) is 36.5 Å². The van der Waals surface area contributed by atoms with Crippen molar-refractivity contribution in [2.75, 3.05) is 10.6 Å². The van der Waals surface area contributed by atoms with E-state index in [1.54, 1.807) is 34.9 Å². The SMILES string of the molecule is CC(=O)Nc1ccc(-c2csc3nc(NC(=O)/C=C/c4ccc([N+](=O)[O-])cc4)nn23)cc1. The highest BCUT2D eigenvalue weighted by Crippen LogP contribution is 2.27. The molecule has 2 aromatic carbocycles. The van der Waals surface area contributed by atoms with Crippen LogP contribution in [0.15, 0.2) is 60.0 Å². The molecule has 0 fully saturated rings. The number of fused-ring (bicyclic) bond motifs is 1. The van der Waals surface area contributed by atoms with Crippen LogP contribution in [0.1, 0.15) is 12.5 Å². The summed E-state index contributed by atoms with van der Waals surface area (Å²) in [4.78, 5) is 38.5. The summed E-state index contributed by atoms with van der Waals surface area (Å²) in [5, 5.41) is 22.3. The van der Waals surface area contributed by atoms with Crippen molar-refractivity contribution in [3.05, 3.63) is 75.7 Å². The van der Waals surface area contributed by atoms with E-state index in [-0.39, 0.29) is 17.5 Å². The van der Waals surface area contributed by atoms with Crippen molar-refractivity contribution in [2.45, 2.75) is 6.92 Å². The Bertz CT molecular complexity index is 1340. The van der Waals surface area contributed by atoms with Crippen molar-refractivity contribution in [3.63, 3.8) is 0 Å². The minimum Gasteiger partial charge on any atom is -0.326 e. The molecule has 0 aliphatic rings. The van der Waals surface area contributed by atoms with Crippen LogP contribution in [0.2, 0.25) is 0 Å². The fraction of sp³-hybridized carbons (Fsp3) is 0.0476. The number of aromatic nitrogens is 3. The van der Waals surface area contributed by atoms with Crippen molar-refractivity contribution in [2.24, 2.45) is 0 Å². The van der Waals surface area contributed by atoms with Crippen LogP contribution in [0.4, 0.5) is 17.3 Å². The van der Waals surface area contributed by atoms with Crippen LogP contribution in [-0.2, 0) is 9.59 Å². The Balaban J connectivity index is 1.46. The van der Waals surface area contributed by atoms with Gasteiger partial charge < -0.3 is 5.32 Å². The summed E-state index contributed by atoms with van der Waals surface area (Å²) in [5.41, 5.74) is 3.00. The van der Waals surface area contributed by atoms with Gasteiger partial charge in [-0.25, -0.2) is 4.52 Å². The number of nitro groups is 1. The number of hydrogen-bond donors (Lipinski definition) is 2. The average Bonchev–Trinajstić information content (AvgIpc) is 3.33. The molecule has 0 spiro atoms. The highest BCUT2D eigenvalue weighted by Gasteiger charge is 2.13. The molecule has 2 amide bonds. The fourth-order valence-electron chi connectivity index (χ4n) is 2.89. The molecule has 0 radical (unpaired) electrons. The summed E-state index contributed by atoms with van der Waals surface area (Å²) in [5.74, 6) is -0.413. The summed E-state index contributed by atoms with van der Waals surface area (Å²) in [6.45, 7) is 1.45. The first kappa shape index (κ1) is 20.9. The van der Waals surface area contributed by atoms with E-state index in [2.05, 4.69) is 20.7 Å². The number of amides is 2. The molecule has 0 aliphatic carbocycles. The first-order valence-corrected chi connectivity index (χ1v) is 10.2. The molecule has 0 unspecified atom stereocenters. The van der Waals surface area contributed by atoms with Gasteiger partial charge in [0, 0.05) is 41.8 Å². The molecule has 4 aromatic rings. The van der Waals surface area contributed by atoms with E-state index in [0.29, 0.717) is 16.2 Å². The number of anilines is 2. The first-order valence-electron chi connectivity index (χ1n) is 9.35. The van der Waals surface area contributed by atoms with Crippen molar-refractivity contribution in [1.82, 2.24) is 14.6 Å². The molecule has 160 valence electrons. The third kappa shape index (κ3) is 4.68. The van der Waals surface area contributed by atoms with Gasteiger partial charge in [-0.3, -0.25) is 25.0 Å². The lowest BCUT2D eigenvalue weighted by molar-refractivity contribution is -0.384. The normalized spacial score (nSPS) is 11.0. The molecule has 10 nitrogen and oxygen atoms in total. The molecule has 11 heteroatoms.